The number of halogens is 1. The van der Waals surface area contributed by atoms with Gasteiger partial charge in [0.05, 0.1) is 6.10 Å². The molecule has 1 atom stereocenters. The molecule has 104 valence electrons. The van der Waals surface area contributed by atoms with Crippen molar-refractivity contribution >= 4 is 21.8 Å². The van der Waals surface area contributed by atoms with Crippen molar-refractivity contribution in [3.05, 3.63) is 63.9 Å². The second-order valence-electron chi connectivity index (χ2n) is 4.45. The van der Waals surface area contributed by atoms with Crippen molar-refractivity contribution in [3.63, 3.8) is 0 Å². The molecule has 20 heavy (non-hydrogen) atoms. The molecule has 0 aliphatic carbocycles. The second kappa shape index (κ2) is 6.63. The number of hydrogen-bond donors (Lipinski definition) is 2. The van der Waals surface area contributed by atoms with Crippen molar-refractivity contribution in [2.45, 2.75) is 13.0 Å². The number of aryl methyl sites for hydroxylation is 1. The highest BCUT2D eigenvalue weighted by Gasteiger charge is 2.12. The first-order valence-electron chi connectivity index (χ1n) is 6.21. The predicted molar refractivity (Wildman–Crippen MR) is 80.4 cm³/mol. The number of benzene rings is 1. The van der Waals surface area contributed by atoms with E-state index in [0.717, 1.165) is 11.1 Å². The lowest BCUT2D eigenvalue weighted by molar-refractivity contribution is 0.0915. The Morgan fingerprint density at radius 1 is 1.40 bits per heavy atom. The fourth-order valence-electron chi connectivity index (χ4n) is 1.91. The summed E-state index contributed by atoms with van der Waals surface area (Å²) in [4.78, 5) is 15.9. The average molecular weight is 335 g/mol. The molecule has 0 saturated carbocycles. The lowest BCUT2D eigenvalue weighted by Crippen LogP contribution is -2.28. The van der Waals surface area contributed by atoms with E-state index in [4.69, 9.17) is 0 Å². The largest absolute Gasteiger partial charge is 0.387 e. The third-order valence-corrected chi connectivity index (χ3v) is 3.43. The molecular formula is C15H15BrN2O2. The van der Waals surface area contributed by atoms with Crippen LogP contribution in [0.25, 0.3) is 0 Å². The Balaban J connectivity index is 1.99. The predicted octanol–water partition coefficient (Wildman–Crippen LogP) is 2.62. The molecule has 1 unspecified atom stereocenters. The number of nitrogens with zero attached hydrogens (tertiary/aromatic N) is 1. The quantitative estimate of drug-likeness (QED) is 0.845. The van der Waals surface area contributed by atoms with Gasteiger partial charge in [0, 0.05) is 18.3 Å². The number of hydrogen-bond acceptors (Lipinski definition) is 3. The zero-order chi connectivity index (χ0) is 14.5. The maximum atomic E-state index is 11.9. The molecule has 1 heterocycles. The summed E-state index contributed by atoms with van der Waals surface area (Å²) in [6, 6.07) is 10.8. The van der Waals surface area contributed by atoms with E-state index in [2.05, 4.69) is 26.2 Å². The van der Waals surface area contributed by atoms with Crippen LogP contribution in [0.1, 0.15) is 27.6 Å². The van der Waals surface area contributed by atoms with E-state index in [1.807, 2.05) is 31.2 Å². The van der Waals surface area contributed by atoms with Gasteiger partial charge in [-0.1, -0.05) is 24.3 Å². The van der Waals surface area contributed by atoms with Crippen molar-refractivity contribution in [2.24, 2.45) is 0 Å². The molecule has 0 radical (unpaired) electrons. The summed E-state index contributed by atoms with van der Waals surface area (Å²) in [6.07, 6.45) is 0.835. The number of carbonyl (C=O) groups is 1. The summed E-state index contributed by atoms with van der Waals surface area (Å²) in [6.45, 7) is 2.10. The van der Waals surface area contributed by atoms with Gasteiger partial charge >= 0.3 is 0 Å². The third kappa shape index (κ3) is 3.65. The van der Waals surface area contributed by atoms with E-state index >= 15 is 0 Å². The van der Waals surface area contributed by atoms with E-state index in [0.29, 0.717) is 10.2 Å². The van der Waals surface area contributed by atoms with Crippen LogP contribution in [0.3, 0.4) is 0 Å². The SMILES string of the molecule is Cc1ccccc1C(O)CNC(=O)c1ccnc(Br)c1. The number of nitrogens with one attached hydrogen (secondary N) is 1. The zero-order valence-electron chi connectivity index (χ0n) is 11.0. The topological polar surface area (TPSA) is 62.2 Å². The van der Waals surface area contributed by atoms with Crippen molar-refractivity contribution in [2.75, 3.05) is 6.54 Å². The van der Waals surface area contributed by atoms with Crippen LogP contribution in [0.15, 0.2) is 47.2 Å². The lowest BCUT2D eigenvalue weighted by atomic mass is 10.0. The van der Waals surface area contributed by atoms with E-state index < -0.39 is 6.10 Å². The fraction of sp³-hybridized carbons (Fsp3) is 0.200. The number of amides is 1. The Bertz CT molecular complexity index is 616. The van der Waals surface area contributed by atoms with Crippen LogP contribution in [0.5, 0.6) is 0 Å². The van der Waals surface area contributed by atoms with Crippen LogP contribution in [-0.2, 0) is 0 Å². The van der Waals surface area contributed by atoms with Crippen LogP contribution in [-0.4, -0.2) is 22.5 Å². The van der Waals surface area contributed by atoms with Gasteiger partial charge in [-0.25, -0.2) is 4.98 Å². The van der Waals surface area contributed by atoms with Gasteiger partial charge in [-0.15, -0.1) is 0 Å². The summed E-state index contributed by atoms with van der Waals surface area (Å²) in [5.74, 6) is -0.235. The van der Waals surface area contributed by atoms with Crippen LogP contribution in [0.2, 0.25) is 0 Å². The Morgan fingerprint density at radius 2 is 2.15 bits per heavy atom. The molecule has 0 bridgehead atoms. The Morgan fingerprint density at radius 3 is 2.85 bits per heavy atom. The molecule has 0 fully saturated rings. The first-order chi connectivity index (χ1) is 9.58. The summed E-state index contributed by atoms with van der Waals surface area (Å²) < 4.78 is 0.601. The van der Waals surface area contributed by atoms with E-state index in [1.165, 1.54) is 0 Å². The van der Waals surface area contributed by atoms with E-state index in [1.54, 1.807) is 18.3 Å². The monoisotopic (exact) mass is 334 g/mol. The van der Waals surface area contributed by atoms with Gasteiger partial charge in [0.15, 0.2) is 0 Å². The standard InChI is InChI=1S/C15H15BrN2O2/c1-10-4-2-3-5-12(10)13(19)9-18-15(20)11-6-7-17-14(16)8-11/h2-8,13,19H,9H2,1H3,(H,18,20). The number of aromatic nitrogens is 1. The minimum Gasteiger partial charge on any atom is -0.387 e. The van der Waals surface area contributed by atoms with Gasteiger partial charge in [0.1, 0.15) is 4.60 Å². The summed E-state index contributed by atoms with van der Waals surface area (Å²) >= 11 is 3.22. The van der Waals surface area contributed by atoms with E-state index in [-0.39, 0.29) is 12.5 Å². The Labute approximate surface area is 126 Å². The maximum absolute atomic E-state index is 11.9. The molecule has 2 aromatic rings. The zero-order valence-corrected chi connectivity index (χ0v) is 12.6. The fourth-order valence-corrected chi connectivity index (χ4v) is 2.27. The van der Waals surface area contributed by atoms with Crippen molar-refractivity contribution in [1.82, 2.24) is 10.3 Å². The smallest absolute Gasteiger partial charge is 0.251 e. The number of carbonyl (C=O) groups excluding carboxylic acids is 1. The molecule has 4 nitrogen and oxygen atoms in total. The normalized spacial score (nSPS) is 11.9. The minimum atomic E-state index is -0.717. The molecule has 1 aromatic carbocycles. The Hall–Kier alpha value is -1.72. The Kier molecular flexibility index (Phi) is 4.87. The molecule has 2 rings (SSSR count). The molecule has 0 aliphatic heterocycles. The third-order valence-electron chi connectivity index (χ3n) is 2.99. The number of aliphatic hydroxyl groups is 1. The highest BCUT2D eigenvalue weighted by Crippen LogP contribution is 2.16. The molecule has 5 heteroatoms. The molecule has 1 aromatic heterocycles. The summed E-state index contributed by atoms with van der Waals surface area (Å²) in [5, 5.41) is 12.8. The lowest BCUT2D eigenvalue weighted by Gasteiger charge is -2.14. The van der Waals surface area contributed by atoms with Crippen LogP contribution < -0.4 is 5.32 Å². The van der Waals surface area contributed by atoms with Crippen molar-refractivity contribution in [3.8, 4) is 0 Å². The van der Waals surface area contributed by atoms with Gasteiger partial charge in [-0.2, -0.15) is 0 Å². The summed E-state index contributed by atoms with van der Waals surface area (Å²) in [5.41, 5.74) is 2.33. The van der Waals surface area contributed by atoms with Gasteiger partial charge in [0.2, 0.25) is 0 Å². The number of aliphatic hydroxyl groups excluding tert-OH is 1. The highest BCUT2D eigenvalue weighted by molar-refractivity contribution is 9.10. The number of rotatable bonds is 4. The van der Waals surface area contributed by atoms with Gasteiger partial charge < -0.3 is 10.4 Å². The second-order valence-corrected chi connectivity index (χ2v) is 5.26. The van der Waals surface area contributed by atoms with Gasteiger partial charge in [0.25, 0.3) is 5.91 Å². The molecule has 0 spiro atoms. The maximum Gasteiger partial charge on any atom is 0.251 e. The van der Waals surface area contributed by atoms with Gasteiger partial charge in [-0.3, -0.25) is 4.79 Å². The highest BCUT2D eigenvalue weighted by atomic mass is 79.9. The summed E-state index contributed by atoms with van der Waals surface area (Å²) in [7, 11) is 0. The minimum absolute atomic E-state index is 0.170. The average Bonchev–Trinajstić information content (AvgIpc) is 2.45. The van der Waals surface area contributed by atoms with Crippen LogP contribution >= 0.6 is 15.9 Å². The first kappa shape index (κ1) is 14.7. The molecular weight excluding hydrogens is 320 g/mol. The van der Waals surface area contributed by atoms with E-state index in [9.17, 15) is 9.90 Å². The first-order valence-corrected chi connectivity index (χ1v) is 7.00. The molecule has 0 saturated heterocycles. The van der Waals surface area contributed by atoms with Crippen molar-refractivity contribution < 1.29 is 9.90 Å². The van der Waals surface area contributed by atoms with Crippen LogP contribution in [0, 0.1) is 6.92 Å². The molecule has 1 amide bonds. The van der Waals surface area contributed by atoms with Crippen molar-refractivity contribution in [1.29, 1.82) is 0 Å². The van der Waals surface area contributed by atoms with Crippen LogP contribution in [0.4, 0.5) is 0 Å². The van der Waals surface area contributed by atoms with Gasteiger partial charge in [-0.05, 0) is 46.1 Å². The number of pyridine rings is 1. The molecule has 2 N–H and O–H groups in total. The molecule has 0 aliphatic rings.